The highest BCUT2D eigenvalue weighted by Crippen LogP contribution is 2.30. The van der Waals surface area contributed by atoms with Crippen molar-refractivity contribution in [1.29, 1.82) is 0 Å². The summed E-state index contributed by atoms with van der Waals surface area (Å²) in [6.45, 7) is 1.37. The van der Waals surface area contributed by atoms with Crippen LogP contribution in [0, 0.1) is 11.7 Å². The van der Waals surface area contributed by atoms with Crippen LogP contribution in [0.3, 0.4) is 0 Å². The molecular weight excluding hydrogens is 411 g/mol. The van der Waals surface area contributed by atoms with Crippen LogP contribution < -0.4 is 19.7 Å². The van der Waals surface area contributed by atoms with Gasteiger partial charge in [-0.3, -0.25) is 4.79 Å². The highest BCUT2D eigenvalue weighted by atomic mass is 19.1. The molecule has 1 amide bonds. The van der Waals surface area contributed by atoms with Crippen molar-refractivity contribution in [2.75, 3.05) is 37.5 Å². The molecule has 1 atom stereocenters. The highest BCUT2D eigenvalue weighted by molar-refractivity contribution is 5.93. The predicted molar refractivity (Wildman–Crippen MR) is 121 cm³/mol. The Morgan fingerprint density at radius 2 is 1.81 bits per heavy atom. The number of anilines is 2. The lowest BCUT2D eigenvalue weighted by Crippen LogP contribution is -2.41. The summed E-state index contributed by atoms with van der Waals surface area (Å²) in [4.78, 5) is 15.0. The third-order valence-corrected chi connectivity index (χ3v) is 5.56. The number of rotatable bonds is 6. The van der Waals surface area contributed by atoms with Gasteiger partial charge >= 0.3 is 0 Å². The molecule has 8 heteroatoms. The maximum absolute atomic E-state index is 13.1. The number of ether oxygens (including phenoxy) is 2. The molecule has 1 aromatic heterocycles. The van der Waals surface area contributed by atoms with Gasteiger partial charge in [0.2, 0.25) is 5.91 Å². The molecule has 0 spiro atoms. The smallest absolute Gasteiger partial charge is 0.229 e. The molecule has 4 rings (SSSR count). The number of carbonyl (C=O) groups is 1. The molecule has 0 radical (unpaired) electrons. The number of nitrogens with zero attached hydrogens (tertiary/aromatic N) is 3. The Morgan fingerprint density at radius 1 is 1.03 bits per heavy atom. The van der Waals surface area contributed by atoms with Gasteiger partial charge in [0, 0.05) is 30.4 Å². The minimum atomic E-state index is -0.288. The minimum absolute atomic E-state index is 0.0437. The highest BCUT2D eigenvalue weighted by Gasteiger charge is 2.27. The normalized spacial score (nSPS) is 15.8. The molecule has 0 unspecified atom stereocenters. The lowest BCUT2D eigenvalue weighted by atomic mass is 9.97. The number of halogens is 1. The van der Waals surface area contributed by atoms with Crippen LogP contribution in [0.2, 0.25) is 0 Å². The van der Waals surface area contributed by atoms with Crippen LogP contribution in [0.25, 0.3) is 11.3 Å². The summed E-state index contributed by atoms with van der Waals surface area (Å²) in [7, 11) is 3.13. The summed E-state index contributed by atoms with van der Waals surface area (Å²) < 4.78 is 23.7. The summed E-state index contributed by atoms with van der Waals surface area (Å²) in [5.41, 5.74) is 2.14. The van der Waals surface area contributed by atoms with Crippen molar-refractivity contribution in [2.45, 2.75) is 12.8 Å². The summed E-state index contributed by atoms with van der Waals surface area (Å²) in [6.07, 6.45) is 1.68. The van der Waals surface area contributed by atoms with Crippen molar-refractivity contribution in [1.82, 2.24) is 10.2 Å². The fourth-order valence-electron chi connectivity index (χ4n) is 3.83. The van der Waals surface area contributed by atoms with E-state index in [9.17, 15) is 9.18 Å². The van der Waals surface area contributed by atoms with Gasteiger partial charge in [-0.05, 0) is 61.4 Å². The lowest BCUT2D eigenvalue weighted by molar-refractivity contribution is -0.120. The molecular formula is C24H25FN4O3. The number of aromatic nitrogens is 2. The summed E-state index contributed by atoms with van der Waals surface area (Å²) in [6, 6.07) is 15.2. The van der Waals surface area contributed by atoms with Gasteiger partial charge in [-0.2, -0.15) is 0 Å². The number of hydrogen-bond acceptors (Lipinski definition) is 6. The monoisotopic (exact) mass is 436 g/mol. The van der Waals surface area contributed by atoms with E-state index in [2.05, 4.69) is 20.4 Å². The molecule has 166 valence electrons. The van der Waals surface area contributed by atoms with Crippen molar-refractivity contribution in [3.8, 4) is 22.8 Å². The maximum atomic E-state index is 13.1. The Morgan fingerprint density at radius 3 is 2.50 bits per heavy atom. The summed E-state index contributed by atoms with van der Waals surface area (Å²) >= 11 is 0. The van der Waals surface area contributed by atoms with Crippen LogP contribution in [0.5, 0.6) is 11.5 Å². The zero-order valence-corrected chi connectivity index (χ0v) is 18.0. The SMILES string of the molecule is COc1ccc(NC(=O)[C@H]2CCCN(c3ccc(-c4ccc(F)cc4)nn3)C2)cc1OC. The van der Waals surface area contributed by atoms with E-state index in [1.54, 1.807) is 44.6 Å². The Labute approximate surface area is 186 Å². The second kappa shape index (κ2) is 9.64. The number of hydrogen-bond donors (Lipinski definition) is 1. The van der Waals surface area contributed by atoms with Gasteiger partial charge in [0.05, 0.1) is 25.8 Å². The maximum Gasteiger partial charge on any atom is 0.229 e. The number of nitrogens with one attached hydrogen (secondary N) is 1. The molecule has 0 bridgehead atoms. The van der Waals surface area contributed by atoms with Gasteiger partial charge in [0.1, 0.15) is 5.82 Å². The second-order valence-electron chi connectivity index (χ2n) is 7.63. The molecule has 1 saturated heterocycles. The van der Waals surface area contributed by atoms with E-state index in [1.807, 2.05) is 12.1 Å². The molecule has 0 saturated carbocycles. The molecule has 1 aliphatic heterocycles. The molecule has 32 heavy (non-hydrogen) atoms. The molecule has 1 fully saturated rings. The Hall–Kier alpha value is -3.68. The fourth-order valence-corrected chi connectivity index (χ4v) is 3.83. The van der Waals surface area contributed by atoms with E-state index < -0.39 is 0 Å². The van der Waals surface area contributed by atoms with Crippen molar-refractivity contribution < 1.29 is 18.7 Å². The van der Waals surface area contributed by atoms with Gasteiger partial charge in [-0.25, -0.2) is 4.39 Å². The molecule has 0 aliphatic carbocycles. The Bertz CT molecular complexity index is 1070. The first-order valence-corrected chi connectivity index (χ1v) is 10.4. The summed E-state index contributed by atoms with van der Waals surface area (Å²) in [5, 5.41) is 11.6. The zero-order chi connectivity index (χ0) is 22.5. The molecule has 1 N–H and O–H groups in total. The topological polar surface area (TPSA) is 76.6 Å². The van der Waals surface area contributed by atoms with Crippen LogP contribution in [-0.4, -0.2) is 43.4 Å². The quantitative estimate of drug-likeness (QED) is 0.626. The molecule has 2 aromatic carbocycles. The third kappa shape index (κ3) is 4.80. The molecule has 7 nitrogen and oxygen atoms in total. The first-order valence-electron chi connectivity index (χ1n) is 10.4. The van der Waals surface area contributed by atoms with Gasteiger partial charge in [-0.1, -0.05) is 0 Å². The van der Waals surface area contributed by atoms with Gasteiger partial charge < -0.3 is 19.7 Å². The molecule has 1 aliphatic rings. The van der Waals surface area contributed by atoms with Crippen LogP contribution in [0.4, 0.5) is 15.9 Å². The van der Waals surface area contributed by atoms with E-state index >= 15 is 0 Å². The fraction of sp³-hybridized carbons (Fsp3) is 0.292. The number of benzene rings is 2. The van der Waals surface area contributed by atoms with E-state index in [1.165, 1.54) is 12.1 Å². The number of piperidine rings is 1. The van der Waals surface area contributed by atoms with Gasteiger partial charge in [0.25, 0.3) is 0 Å². The van der Waals surface area contributed by atoms with Gasteiger partial charge in [-0.15, -0.1) is 10.2 Å². The second-order valence-corrected chi connectivity index (χ2v) is 7.63. The number of carbonyl (C=O) groups excluding carboxylic acids is 1. The van der Waals surface area contributed by atoms with Crippen LogP contribution >= 0.6 is 0 Å². The van der Waals surface area contributed by atoms with Crippen LogP contribution in [-0.2, 0) is 4.79 Å². The Kier molecular flexibility index (Phi) is 6.49. The predicted octanol–water partition coefficient (Wildman–Crippen LogP) is 4.16. The molecule has 2 heterocycles. The van der Waals surface area contributed by atoms with Crippen molar-refractivity contribution in [2.24, 2.45) is 5.92 Å². The first-order chi connectivity index (χ1) is 15.6. The molecule has 3 aromatic rings. The number of amides is 1. The van der Waals surface area contributed by atoms with Crippen LogP contribution in [0.15, 0.2) is 54.6 Å². The average Bonchev–Trinajstić information content (AvgIpc) is 2.84. The van der Waals surface area contributed by atoms with E-state index in [4.69, 9.17) is 9.47 Å². The largest absolute Gasteiger partial charge is 0.493 e. The zero-order valence-electron chi connectivity index (χ0n) is 18.0. The lowest BCUT2D eigenvalue weighted by Gasteiger charge is -2.32. The third-order valence-electron chi connectivity index (χ3n) is 5.56. The number of methoxy groups -OCH3 is 2. The van der Waals surface area contributed by atoms with Crippen LogP contribution in [0.1, 0.15) is 12.8 Å². The minimum Gasteiger partial charge on any atom is -0.493 e. The van der Waals surface area contributed by atoms with E-state index in [0.29, 0.717) is 29.4 Å². The van der Waals surface area contributed by atoms with Crippen molar-refractivity contribution in [3.63, 3.8) is 0 Å². The van der Waals surface area contributed by atoms with Crippen molar-refractivity contribution >= 4 is 17.4 Å². The van der Waals surface area contributed by atoms with Crippen molar-refractivity contribution in [3.05, 3.63) is 60.4 Å². The van der Waals surface area contributed by atoms with Gasteiger partial charge in [0.15, 0.2) is 17.3 Å². The summed E-state index contributed by atoms with van der Waals surface area (Å²) in [5.74, 6) is 1.39. The average molecular weight is 436 g/mol. The first kappa shape index (κ1) is 21.5. The van der Waals surface area contributed by atoms with E-state index in [-0.39, 0.29) is 17.6 Å². The standard InChI is InChI=1S/C24H25FN4O3/c1-31-21-11-9-19(14-22(21)32-2)26-24(30)17-4-3-13-29(15-17)23-12-10-20(27-28-23)16-5-7-18(25)8-6-16/h5-12,14,17H,3-4,13,15H2,1-2H3,(H,26,30)/t17-/m0/s1. The van der Waals surface area contributed by atoms with E-state index in [0.717, 1.165) is 30.8 Å². The Balaban J connectivity index is 1.41.